The molecule has 4 nitrogen and oxygen atoms in total. The van der Waals surface area contributed by atoms with Crippen molar-refractivity contribution in [3.8, 4) is 0 Å². The maximum atomic E-state index is 11.6. The summed E-state index contributed by atoms with van der Waals surface area (Å²) in [6.07, 6.45) is 4.07. The van der Waals surface area contributed by atoms with Crippen molar-refractivity contribution in [1.29, 1.82) is 0 Å². The Morgan fingerprint density at radius 3 is 2.40 bits per heavy atom. The van der Waals surface area contributed by atoms with Crippen LogP contribution in [0.3, 0.4) is 0 Å². The molecule has 2 saturated heterocycles. The molecular formula is C11H20N2O2. The molecule has 2 rings (SSSR count). The van der Waals surface area contributed by atoms with E-state index < -0.39 is 5.60 Å². The molecule has 2 N–H and O–H groups in total. The molecule has 2 heterocycles. The first kappa shape index (κ1) is 10.7. The van der Waals surface area contributed by atoms with Crippen LogP contribution in [0.5, 0.6) is 0 Å². The number of rotatable bonds is 1. The number of amides is 1. The van der Waals surface area contributed by atoms with Gasteiger partial charge in [0.05, 0.1) is 5.66 Å². The smallest absolute Gasteiger partial charge is 0.409 e. The SMILES string of the molecule is CC(C)(C)OC(=O)NC12CCC(CC1)N2. The zero-order valence-electron chi connectivity index (χ0n) is 9.72. The summed E-state index contributed by atoms with van der Waals surface area (Å²) in [5.74, 6) is 0. The molecule has 2 bridgehead atoms. The van der Waals surface area contributed by atoms with Crippen molar-refractivity contribution in [2.24, 2.45) is 0 Å². The Morgan fingerprint density at radius 1 is 1.40 bits per heavy atom. The molecule has 0 saturated carbocycles. The van der Waals surface area contributed by atoms with Crippen LogP contribution in [0, 0.1) is 0 Å². The zero-order chi connectivity index (χ0) is 11.1. The number of alkyl carbamates (subject to hydrolysis) is 1. The lowest BCUT2D eigenvalue weighted by molar-refractivity contribution is 0.0446. The van der Waals surface area contributed by atoms with Crippen molar-refractivity contribution >= 4 is 6.09 Å². The second-order valence-corrected chi connectivity index (χ2v) is 5.63. The molecule has 0 aromatic heterocycles. The van der Waals surface area contributed by atoms with Gasteiger partial charge >= 0.3 is 6.09 Å². The van der Waals surface area contributed by atoms with Crippen molar-refractivity contribution < 1.29 is 9.53 Å². The van der Waals surface area contributed by atoms with E-state index in [-0.39, 0.29) is 11.8 Å². The lowest BCUT2D eigenvalue weighted by atomic mass is 9.95. The number of nitrogens with one attached hydrogen (secondary N) is 2. The molecule has 1 amide bonds. The maximum absolute atomic E-state index is 11.6. The minimum absolute atomic E-state index is 0.174. The van der Waals surface area contributed by atoms with Crippen LogP contribution in [0.25, 0.3) is 0 Å². The van der Waals surface area contributed by atoms with Gasteiger partial charge in [-0.25, -0.2) is 4.79 Å². The highest BCUT2D eigenvalue weighted by atomic mass is 16.6. The normalized spacial score (nSPS) is 34.2. The van der Waals surface area contributed by atoms with Gasteiger partial charge in [0.2, 0.25) is 0 Å². The molecule has 0 aromatic rings. The zero-order valence-corrected chi connectivity index (χ0v) is 9.72. The van der Waals surface area contributed by atoms with Crippen LogP contribution in [0.4, 0.5) is 4.79 Å². The topological polar surface area (TPSA) is 50.4 Å². The summed E-state index contributed by atoms with van der Waals surface area (Å²) in [4.78, 5) is 11.6. The number of ether oxygens (including phenoxy) is 1. The minimum Gasteiger partial charge on any atom is -0.444 e. The van der Waals surface area contributed by atoms with Gasteiger partial charge < -0.3 is 10.1 Å². The first-order chi connectivity index (χ1) is 6.89. The van der Waals surface area contributed by atoms with Gasteiger partial charge in [-0.2, -0.15) is 0 Å². The van der Waals surface area contributed by atoms with Gasteiger partial charge in [0.15, 0.2) is 0 Å². The third kappa shape index (κ3) is 2.43. The van der Waals surface area contributed by atoms with E-state index in [0.29, 0.717) is 6.04 Å². The highest BCUT2D eigenvalue weighted by molar-refractivity contribution is 5.69. The summed E-state index contributed by atoms with van der Waals surface area (Å²) in [5.41, 5.74) is -0.593. The summed E-state index contributed by atoms with van der Waals surface area (Å²) >= 11 is 0. The number of carbonyl (C=O) groups excluding carboxylic acids is 1. The fraction of sp³-hybridized carbons (Fsp3) is 0.909. The summed E-state index contributed by atoms with van der Waals surface area (Å²) < 4.78 is 5.25. The fourth-order valence-electron chi connectivity index (χ4n) is 2.45. The van der Waals surface area contributed by atoms with Crippen molar-refractivity contribution in [3.05, 3.63) is 0 Å². The Hall–Kier alpha value is -0.770. The quantitative estimate of drug-likeness (QED) is 0.696. The van der Waals surface area contributed by atoms with Crippen molar-refractivity contribution in [2.45, 2.75) is 63.8 Å². The van der Waals surface area contributed by atoms with E-state index in [2.05, 4.69) is 10.6 Å². The van der Waals surface area contributed by atoms with Crippen LogP contribution in [-0.2, 0) is 4.74 Å². The van der Waals surface area contributed by atoms with Crippen LogP contribution >= 0.6 is 0 Å². The van der Waals surface area contributed by atoms with Crippen LogP contribution < -0.4 is 10.6 Å². The number of fused-ring (bicyclic) bond motifs is 2. The van der Waals surface area contributed by atoms with Crippen molar-refractivity contribution in [2.75, 3.05) is 0 Å². The minimum atomic E-state index is -0.419. The summed E-state index contributed by atoms with van der Waals surface area (Å²) in [5, 5.41) is 6.41. The number of hydrogen-bond acceptors (Lipinski definition) is 3. The van der Waals surface area contributed by atoms with Crippen LogP contribution in [0.15, 0.2) is 0 Å². The predicted molar refractivity (Wildman–Crippen MR) is 57.5 cm³/mol. The molecule has 0 unspecified atom stereocenters. The predicted octanol–water partition coefficient (Wildman–Crippen LogP) is 1.75. The first-order valence-corrected chi connectivity index (χ1v) is 5.67. The molecule has 0 aromatic carbocycles. The second-order valence-electron chi connectivity index (χ2n) is 5.63. The van der Waals surface area contributed by atoms with E-state index in [0.717, 1.165) is 25.7 Å². The molecule has 2 aliphatic rings. The average molecular weight is 212 g/mol. The van der Waals surface area contributed by atoms with E-state index in [9.17, 15) is 4.79 Å². The number of carbonyl (C=O) groups is 1. The van der Waals surface area contributed by atoms with Gasteiger partial charge in [-0.15, -0.1) is 0 Å². The van der Waals surface area contributed by atoms with E-state index >= 15 is 0 Å². The average Bonchev–Trinajstić information content (AvgIpc) is 2.58. The Balaban J connectivity index is 1.89. The third-order valence-electron chi connectivity index (χ3n) is 3.06. The standard InChI is InChI=1S/C11H20N2O2/c1-10(2,3)15-9(14)13-11-6-4-8(12-11)5-7-11/h8,12H,4-7H2,1-3H3,(H,13,14). The Bertz CT molecular complexity index is 262. The van der Waals surface area contributed by atoms with E-state index in [1.165, 1.54) is 0 Å². The summed E-state index contributed by atoms with van der Waals surface area (Å²) in [6, 6.07) is 0.597. The molecule has 4 heteroatoms. The summed E-state index contributed by atoms with van der Waals surface area (Å²) in [7, 11) is 0. The van der Waals surface area contributed by atoms with Crippen molar-refractivity contribution in [3.63, 3.8) is 0 Å². The van der Waals surface area contributed by atoms with Gasteiger partial charge in [-0.3, -0.25) is 5.32 Å². The lowest BCUT2D eigenvalue weighted by Crippen LogP contribution is -2.54. The molecular weight excluding hydrogens is 192 g/mol. The molecule has 86 valence electrons. The maximum Gasteiger partial charge on any atom is 0.409 e. The second kappa shape index (κ2) is 3.37. The molecule has 0 aliphatic carbocycles. The Labute approximate surface area is 90.8 Å². The van der Waals surface area contributed by atoms with Crippen molar-refractivity contribution in [1.82, 2.24) is 10.6 Å². The van der Waals surface area contributed by atoms with Gasteiger partial charge in [0, 0.05) is 6.04 Å². The lowest BCUT2D eigenvalue weighted by Gasteiger charge is -2.29. The van der Waals surface area contributed by atoms with E-state index in [4.69, 9.17) is 4.74 Å². The number of hydrogen-bond donors (Lipinski definition) is 2. The molecule has 0 radical (unpaired) electrons. The molecule has 15 heavy (non-hydrogen) atoms. The monoisotopic (exact) mass is 212 g/mol. The molecule has 0 spiro atoms. The van der Waals surface area contributed by atoms with Crippen LogP contribution in [0.1, 0.15) is 46.5 Å². The first-order valence-electron chi connectivity index (χ1n) is 5.67. The Morgan fingerprint density at radius 2 is 2.00 bits per heavy atom. The van der Waals surface area contributed by atoms with E-state index in [1.54, 1.807) is 0 Å². The van der Waals surface area contributed by atoms with Crippen LogP contribution in [-0.4, -0.2) is 23.4 Å². The summed E-state index contributed by atoms with van der Waals surface area (Å²) in [6.45, 7) is 5.64. The van der Waals surface area contributed by atoms with E-state index in [1.807, 2.05) is 20.8 Å². The fourth-order valence-corrected chi connectivity index (χ4v) is 2.45. The van der Waals surface area contributed by atoms with Gasteiger partial charge in [-0.1, -0.05) is 0 Å². The highest BCUT2D eigenvalue weighted by Crippen LogP contribution is 2.35. The highest BCUT2D eigenvalue weighted by Gasteiger charge is 2.45. The largest absolute Gasteiger partial charge is 0.444 e. The van der Waals surface area contributed by atoms with Gasteiger partial charge in [0.25, 0.3) is 0 Å². The third-order valence-corrected chi connectivity index (χ3v) is 3.06. The van der Waals surface area contributed by atoms with Gasteiger partial charge in [0.1, 0.15) is 5.60 Å². The molecule has 2 aliphatic heterocycles. The van der Waals surface area contributed by atoms with Gasteiger partial charge in [-0.05, 0) is 46.5 Å². The Kier molecular flexibility index (Phi) is 2.41. The molecule has 2 fully saturated rings. The molecule has 0 atom stereocenters. The van der Waals surface area contributed by atoms with Crippen LogP contribution in [0.2, 0.25) is 0 Å².